The highest BCUT2D eigenvalue weighted by Crippen LogP contribution is 2.54. The van der Waals surface area contributed by atoms with Gasteiger partial charge in [-0.05, 0) is 60.7 Å². The van der Waals surface area contributed by atoms with Crippen LogP contribution in [0.3, 0.4) is 0 Å². The smallest absolute Gasteiger partial charge is 0.416 e. The molecular formula is C29H18ClF4N3O5S2. The number of aromatic amines is 1. The van der Waals surface area contributed by atoms with Gasteiger partial charge in [0.2, 0.25) is 11.8 Å². The number of anilines is 2. The predicted molar refractivity (Wildman–Crippen MR) is 156 cm³/mol. The third kappa shape index (κ3) is 5.60. The molecule has 0 bridgehead atoms. The lowest BCUT2D eigenvalue weighted by atomic mass is 9.82. The summed E-state index contributed by atoms with van der Waals surface area (Å²) < 4.78 is 58.6. The van der Waals surface area contributed by atoms with Gasteiger partial charge in [0.15, 0.2) is 6.61 Å². The molecule has 8 nitrogen and oxygen atoms in total. The van der Waals surface area contributed by atoms with Crippen LogP contribution in [0.15, 0.2) is 76.6 Å². The number of aromatic nitrogens is 1. The van der Waals surface area contributed by atoms with Gasteiger partial charge in [-0.1, -0.05) is 40.8 Å². The van der Waals surface area contributed by atoms with Gasteiger partial charge in [0.1, 0.15) is 16.8 Å². The minimum atomic E-state index is -4.60. The molecule has 1 fully saturated rings. The highest BCUT2D eigenvalue weighted by Gasteiger charge is 2.57. The summed E-state index contributed by atoms with van der Waals surface area (Å²) in [6.07, 6.45) is -4.60. The van der Waals surface area contributed by atoms with Crippen LogP contribution in [-0.2, 0) is 20.6 Å². The second-order valence-corrected chi connectivity index (χ2v) is 12.4. The molecular weight excluding hydrogens is 646 g/mol. The molecule has 4 aromatic rings. The summed E-state index contributed by atoms with van der Waals surface area (Å²) in [7, 11) is 0. The Morgan fingerprint density at radius 3 is 2.50 bits per heavy atom. The normalized spacial score (nSPS) is 19.5. The monoisotopic (exact) mass is 663 g/mol. The number of nitrogens with one attached hydrogen (secondary N) is 2. The van der Waals surface area contributed by atoms with E-state index in [9.17, 15) is 36.7 Å². The Morgan fingerprint density at radius 1 is 1.02 bits per heavy atom. The zero-order chi connectivity index (χ0) is 31.3. The molecule has 1 aromatic heterocycles. The molecule has 44 heavy (non-hydrogen) atoms. The van der Waals surface area contributed by atoms with Gasteiger partial charge < -0.3 is 15.0 Å². The van der Waals surface area contributed by atoms with Crippen molar-refractivity contribution in [1.82, 2.24) is 4.98 Å². The molecule has 3 atom stereocenters. The van der Waals surface area contributed by atoms with Crippen molar-refractivity contribution in [2.45, 2.75) is 22.4 Å². The number of alkyl halides is 3. The fraction of sp³-hybridized carbons (Fsp3) is 0.172. The van der Waals surface area contributed by atoms with Crippen molar-refractivity contribution in [3.05, 3.63) is 103 Å². The summed E-state index contributed by atoms with van der Waals surface area (Å²) in [6, 6.07) is 13.4. The van der Waals surface area contributed by atoms with E-state index in [0.29, 0.717) is 15.5 Å². The highest BCUT2D eigenvalue weighted by atomic mass is 35.5. The Hall–Kier alpha value is -4.14. The zero-order valence-electron chi connectivity index (χ0n) is 22.0. The Bertz CT molecular complexity index is 1860. The first-order valence-corrected chi connectivity index (χ1v) is 14.9. The van der Waals surface area contributed by atoms with E-state index in [1.807, 2.05) is 0 Å². The van der Waals surface area contributed by atoms with E-state index in [0.717, 1.165) is 58.3 Å². The van der Waals surface area contributed by atoms with Crippen molar-refractivity contribution >= 4 is 63.8 Å². The Labute approximate surface area is 259 Å². The summed E-state index contributed by atoms with van der Waals surface area (Å²) >= 11 is 8.24. The molecule has 6 rings (SSSR count). The summed E-state index contributed by atoms with van der Waals surface area (Å²) in [5, 5.41) is 2.04. The van der Waals surface area contributed by atoms with Crippen molar-refractivity contribution in [3.63, 3.8) is 0 Å². The number of rotatable bonds is 6. The number of fused-ring (bicyclic) bond motifs is 2. The van der Waals surface area contributed by atoms with Crippen LogP contribution in [0.5, 0.6) is 5.75 Å². The van der Waals surface area contributed by atoms with Gasteiger partial charge in [-0.2, -0.15) is 13.2 Å². The lowest BCUT2D eigenvalue weighted by molar-refractivity contribution is -0.137. The maximum atomic E-state index is 13.9. The number of H-pyrrole nitrogens is 1. The summed E-state index contributed by atoms with van der Waals surface area (Å²) in [6.45, 7) is -0.620. The number of carbonyl (C=O) groups is 3. The lowest BCUT2D eigenvalue weighted by Crippen LogP contribution is -2.32. The third-order valence-electron chi connectivity index (χ3n) is 7.05. The number of halogens is 5. The Balaban J connectivity index is 1.33. The number of carbonyl (C=O) groups excluding carboxylic acids is 3. The molecule has 3 heterocycles. The SMILES string of the molecule is O=C(COc1ccc(Cl)cc1C1c2sc(=O)[nH]c2SC2C(=O)N(c3ccc(F)cc3)C(=O)C21)Nc1cccc(C(F)(F)F)c1. The summed E-state index contributed by atoms with van der Waals surface area (Å²) in [5.74, 6) is -4.25. The molecule has 3 aromatic carbocycles. The average molecular weight is 664 g/mol. The molecule has 2 N–H and O–H groups in total. The topological polar surface area (TPSA) is 109 Å². The number of amides is 3. The van der Waals surface area contributed by atoms with Crippen LogP contribution in [0.2, 0.25) is 5.02 Å². The van der Waals surface area contributed by atoms with Crippen molar-refractivity contribution in [3.8, 4) is 5.75 Å². The van der Waals surface area contributed by atoms with Crippen molar-refractivity contribution in [1.29, 1.82) is 0 Å². The Kier molecular flexibility index (Phi) is 7.76. The molecule has 2 aliphatic heterocycles. The lowest BCUT2D eigenvalue weighted by Gasteiger charge is -2.31. The molecule has 0 spiro atoms. The predicted octanol–water partition coefficient (Wildman–Crippen LogP) is 6.06. The molecule has 0 saturated carbocycles. The minimum Gasteiger partial charge on any atom is -0.483 e. The largest absolute Gasteiger partial charge is 0.483 e. The van der Waals surface area contributed by atoms with Gasteiger partial charge in [0.05, 0.1) is 22.2 Å². The maximum Gasteiger partial charge on any atom is 0.416 e. The quantitative estimate of drug-likeness (QED) is 0.192. The number of thioether (sulfide) groups is 1. The van der Waals surface area contributed by atoms with Gasteiger partial charge in [-0.25, -0.2) is 9.29 Å². The maximum absolute atomic E-state index is 13.9. The first-order valence-electron chi connectivity index (χ1n) is 12.8. The van der Waals surface area contributed by atoms with E-state index >= 15 is 0 Å². The molecule has 3 amide bonds. The highest BCUT2D eigenvalue weighted by molar-refractivity contribution is 8.00. The van der Waals surface area contributed by atoms with Crippen molar-refractivity contribution in [2.75, 3.05) is 16.8 Å². The number of thiazole rings is 1. The van der Waals surface area contributed by atoms with E-state index in [2.05, 4.69) is 10.3 Å². The van der Waals surface area contributed by atoms with Gasteiger partial charge in [0.25, 0.3) is 5.91 Å². The first kappa shape index (κ1) is 29.9. The standard InChI is InChI=1S/C29H18ClF4N3O5S2/c30-14-4-9-19(42-12-20(38)35-16-3-1-2-13(10-16)29(32,33)34)18(11-14)21-22-24(43-25-23(21)44-28(41)36-25)27(40)37(26(22)39)17-7-5-15(31)6-8-17/h1-11,21-22,24H,12H2,(H,35,38)(H,36,41). The number of ether oxygens (including phenoxy) is 1. The van der Waals surface area contributed by atoms with E-state index in [1.54, 1.807) is 0 Å². The van der Waals surface area contributed by atoms with Crippen LogP contribution in [0.4, 0.5) is 28.9 Å². The van der Waals surface area contributed by atoms with E-state index in [4.69, 9.17) is 16.3 Å². The molecule has 0 radical (unpaired) electrons. The van der Waals surface area contributed by atoms with Crippen LogP contribution < -0.4 is 19.8 Å². The van der Waals surface area contributed by atoms with E-state index in [1.165, 1.54) is 36.4 Å². The number of benzene rings is 3. The second-order valence-electron chi connectivity index (χ2n) is 9.84. The number of hydrogen-bond acceptors (Lipinski definition) is 7. The molecule has 3 unspecified atom stereocenters. The fourth-order valence-corrected chi connectivity index (χ4v) is 7.89. The van der Waals surface area contributed by atoms with Crippen LogP contribution >= 0.6 is 34.7 Å². The molecule has 226 valence electrons. The van der Waals surface area contributed by atoms with Gasteiger partial charge in [0, 0.05) is 27.1 Å². The van der Waals surface area contributed by atoms with E-state index < -0.39 is 63.8 Å². The Morgan fingerprint density at radius 2 is 1.77 bits per heavy atom. The van der Waals surface area contributed by atoms with Crippen molar-refractivity contribution in [2.24, 2.45) is 5.92 Å². The number of hydrogen-bond donors (Lipinski definition) is 2. The van der Waals surface area contributed by atoms with Gasteiger partial charge >= 0.3 is 11.0 Å². The van der Waals surface area contributed by atoms with Crippen molar-refractivity contribution < 1.29 is 36.7 Å². The van der Waals surface area contributed by atoms with Crippen LogP contribution in [0.1, 0.15) is 21.9 Å². The summed E-state index contributed by atoms with van der Waals surface area (Å²) in [4.78, 5) is 56.3. The van der Waals surface area contributed by atoms with Crippen LogP contribution in [0, 0.1) is 11.7 Å². The molecule has 0 aliphatic carbocycles. The summed E-state index contributed by atoms with van der Waals surface area (Å²) in [5.41, 5.74) is -0.526. The van der Waals surface area contributed by atoms with Crippen LogP contribution in [0.25, 0.3) is 0 Å². The molecule has 1 saturated heterocycles. The van der Waals surface area contributed by atoms with E-state index in [-0.39, 0.29) is 22.1 Å². The molecule has 15 heteroatoms. The van der Waals surface area contributed by atoms with Gasteiger partial charge in [-0.15, -0.1) is 0 Å². The number of imide groups is 1. The first-order chi connectivity index (χ1) is 20.9. The minimum absolute atomic E-state index is 0.0883. The average Bonchev–Trinajstić information content (AvgIpc) is 3.46. The third-order valence-corrected chi connectivity index (χ3v) is 9.68. The van der Waals surface area contributed by atoms with Crippen LogP contribution in [-0.4, -0.2) is 34.6 Å². The molecule has 2 aliphatic rings. The number of nitrogens with zero attached hydrogens (tertiary/aromatic N) is 1. The van der Waals surface area contributed by atoms with Gasteiger partial charge in [-0.3, -0.25) is 19.2 Å². The second kappa shape index (κ2) is 11.4. The zero-order valence-corrected chi connectivity index (χ0v) is 24.4. The fourth-order valence-electron chi connectivity index (χ4n) is 5.20.